The van der Waals surface area contributed by atoms with E-state index < -0.39 is 0 Å². The van der Waals surface area contributed by atoms with Crippen LogP contribution >= 0.6 is 0 Å². The van der Waals surface area contributed by atoms with Crippen LogP contribution in [0.1, 0.15) is 33.6 Å². The number of benzene rings is 3. The fourth-order valence-corrected chi connectivity index (χ4v) is 3.65. The topological polar surface area (TPSA) is 85.9 Å². The molecule has 1 heterocycles. The van der Waals surface area contributed by atoms with Crippen LogP contribution in [0.3, 0.4) is 0 Å². The van der Waals surface area contributed by atoms with E-state index in [0.717, 1.165) is 25.2 Å². The van der Waals surface area contributed by atoms with Crippen molar-refractivity contribution in [3.8, 4) is 11.5 Å². The second kappa shape index (κ2) is 11.9. The van der Waals surface area contributed by atoms with Crippen molar-refractivity contribution in [3.05, 3.63) is 90.0 Å². The molecular weight excluding hydrogens is 432 g/mol. The third kappa shape index (κ3) is 6.59. The molecular formula is C27H28N2O5. The summed E-state index contributed by atoms with van der Waals surface area (Å²) in [6, 6.07) is 23.3. The van der Waals surface area contributed by atoms with Gasteiger partial charge in [0.2, 0.25) is 0 Å². The van der Waals surface area contributed by atoms with Crippen LogP contribution in [0.15, 0.2) is 78.9 Å². The summed E-state index contributed by atoms with van der Waals surface area (Å²) in [5.41, 5.74) is 1.27. The molecule has 0 aromatic heterocycles. The van der Waals surface area contributed by atoms with E-state index in [4.69, 9.17) is 14.2 Å². The number of rotatable bonds is 10. The van der Waals surface area contributed by atoms with E-state index in [1.54, 1.807) is 48.5 Å². The summed E-state index contributed by atoms with van der Waals surface area (Å²) in [6.45, 7) is 1.91. The second-order valence-corrected chi connectivity index (χ2v) is 7.88. The van der Waals surface area contributed by atoms with Crippen LogP contribution in [0.4, 0.5) is 5.69 Å². The molecule has 3 aromatic rings. The summed E-state index contributed by atoms with van der Waals surface area (Å²) in [6.07, 6.45) is 2.00. The standard InChI is InChI=1S/C27H28N2O5/c30-26(20-8-6-11-22(18-20)34-17-16-33-21-9-2-1-3-10-21)29-25-14-5-4-13-24(25)27(31)28-19-23-12-7-15-32-23/h1-6,8-11,13-14,18,23H,7,12,15-17,19H2,(H,28,31)(H,29,30)/t23-/m0/s1. The average Bonchev–Trinajstić information content (AvgIpc) is 3.40. The van der Waals surface area contributed by atoms with Crippen LogP contribution in [0.5, 0.6) is 11.5 Å². The molecule has 0 saturated carbocycles. The normalized spacial score (nSPS) is 14.9. The fourth-order valence-electron chi connectivity index (χ4n) is 3.65. The average molecular weight is 461 g/mol. The molecule has 0 aliphatic carbocycles. The Morgan fingerprint density at radius 2 is 1.59 bits per heavy atom. The van der Waals surface area contributed by atoms with Crippen molar-refractivity contribution in [2.45, 2.75) is 18.9 Å². The highest BCUT2D eigenvalue weighted by Gasteiger charge is 2.19. The van der Waals surface area contributed by atoms with Gasteiger partial charge in [0.05, 0.1) is 17.4 Å². The first kappa shape index (κ1) is 23.3. The molecule has 7 heteroatoms. The van der Waals surface area contributed by atoms with Crippen LogP contribution in [-0.4, -0.2) is 44.3 Å². The predicted octanol–water partition coefficient (Wildman–Crippen LogP) is 4.31. The quantitative estimate of drug-likeness (QED) is 0.441. The zero-order valence-electron chi connectivity index (χ0n) is 18.9. The first-order valence-corrected chi connectivity index (χ1v) is 11.4. The number of carbonyl (C=O) groups excluding carboxylic acids is 2. The maximum absolute atomic E-state index is 12.9. The number of nitrogens with one attached hydrogen (secondary N) is 2. The minimum Gasteiger partial charge on any atom is -0.490 e. The molecule has 1 atom stereocenters. The Kier molecular flexibility index (Phi) is 8.13. The number of amides is 2. The van der Waals surface area contributed by atoms with Gasteiger partial charge in [-0.2, -0.15) is 0 Å². The number of ether oxygens (including phenoxy) is 3. The van der Waals surface area contributed by atoms with E-state index in [9.17, 15) is 9.59 Å². The van der Waals surface area contributed by atoms with Gasteiger partial charge in [-0.1, -0.05) is 36.4 Å². The molecule has 1 aliphatic heterocycles. The smallest absolute Gasteiger partial charge is 0.255 e. The zero-order valence-corrected chi connectivity index (χ0v) is 18.9. The van der Waals surface area contributed by atoms with Gasteiger partial charge in [-0.05, 0) is 55.3 Å². The Morgan fingerprint density at radius 1 is 0.853 bits per heavy atom. The van der Waals surface area contributed by atoms with Crippen molar-refractivity contribution in [2.75, 3.05) is 31.7 Å². The Balaban J connectivity index is 1.32. The summed E-state index contributed by atoms with van der Waals surface area (Å²) in [5.74, 6) is 0.761. The number of carbonyl (C=O) groups is 2. The van der Waals surface area contributed by atoms with Crippen LogP contribution < -0.4 is 20.1 Å². The lowest BCUT2D eigenvalue weighted by atomic mass is 10.1. The molecule has 7 nitrogen and oxygen atoms in total. The van der Waals surface area contributed by atoms with Crippen molar-refractivity contribution >= 4 is 17.5 Å². The van der Waals surface area contributed by atoms with Crippen LogP contribution in [0.2, 0.25) is 0 Å². The van der Waals surface area contributed by atoms with E-state index in [2.05, 4.69) is 10.6 Å². The van der Waals surface area contributed by atoms with Gasteiger partial charge in [-0.15, -0.1) is 0 Å². The van der Waals surface area contributed by atoms with Gasteiger partial charge in [0.15, 0.2) is 0 Å². The SMILES string of the molecule is O=C(Nc1ccccc1C(=O)NC[C@@H]1CCCO1)c1cccc(OCCOc2ccccc2)c1. The Hall–Kier alpha value is -3.84. The van der Waals surface area contributed by atoms with E-state index >= 15 is 0 Å². The highest BCUT2D eigenvalue weighted by Crippen LogP contribution is 2.19. The number of hydrogen-bond donors (Lipinski definition) is 2. The minimum atomic E-state index is -0.328. The molecule has 1 aliphatic rings. The van der Waals surface area contributed by atoms with Gasteiger partial charge in [0.1, 0.15) is 24.7 Å². The maximum atomic E-state index is 12.9. The van der Waals surface area contributed by atoms with Gasteiger partial charge in [-0.25, -0.2) is 0 Å². The Bertz CT molecular complexity index is 1100. The summed E-state index contributed by atoms with van der Waals surface area (Å²) in [5, 5.41) is 5.74. The molecule has 1 fully saturated rings. The Morgan fingerprint density at radius 3 is 2.38 bits per heavy atom. The van der Waals surface area contributed by atoms with Gasteiger partial charge in [-0.3, -0.25) is 9.59 Å². The largest absolute Gasteiger partial charge is 0.490 e. The molecule has 176 valence electrons. The van der Waals surface area contributed by atoms with Crippen molar-refractivity contribution in [1.82, 2.24) is 5.32 Å². The molecule has 0 bridgehead atoms. The lowest BCUT2D eigenvalue weighted by Crippen LogP contribution is -2.32. The van der Waals surface area contributed by atoms with Crippen LogP contribution in [-0.2, 0) is 4.74 Å². The predicted molar refractivity (Wildman–Crippen MR) is 130 cm³/mol. The number of para-hydroxylation sites is 2. The zero-order chi connectivity index (χ0) is 23.6. The first-order chi connectivity index (χ1) is 16.7. The van der Waals surface area contributed by atoms with Gasteiger partial charge in [0.25, 0.3) is 11.8 Å². The van der Waals surface area contributed by atoms with E-state index in [-0.39, 0.29) is 17.9 Å². The summed E-state index contributed by atoms with van der Waals surface area (Å²) in [4.78, 5) is 25.6. The second-order valence-electron chi connectivity index (χ2n) is 7.88. The molecule has 2 N–H and O–H groups in total. The molecule has 0 radical (unpaired) electrons. The minimum absolute atomic E-state index is 0.0477. The fraction of sp³-hybridized carbons (Fsp3) is 0.259. The van der Waals surface area contributed by atoms with Gasteiger partial charge >= 0.3 is 0 Å². The third-order valence-corrected chi connectivity index (χ3v) is 5.39. The van der Waals surface area contributed by atoms with Gasteiger partial charge in [0, 0.05) is 18.7 Å². The van der Waals surface area contributed by atoms with Crippen molar-refractivity contribution in [3.63, 3.8) is 0 Å². The molecule has 0 unspecified atom stereocenters. The van der Waals surface area contributed by atoms with Gasteiger partial charge < -0.3 is 24.8 Å². The highest BCUT2D eigenvalue weighted by molar-refractivity contribution is 6.09. The van der Waals surface area contributed by atoms with E-state index in [0.29, 0.717) is 42.3 Å². The van der Waals surface area contributed by atoms with Crippen LogP contribution in [0.25, 0.3) is 0 Å². The summed E-state index contributed by atoms with van der Waals surface area (Å²) >= 11 is 0. The summed E-state index contributed by atoms with van der Waals surface area (Å²) < 4.78 is 16.9. The van der Waals surface area contributed by atoms with Crippen molar-refractivity contribution in [1.29, 1.82) is 0 Å². The lowest BCUT2D eigenvalue weighted by Gasteiger charge is -2.14. The maximum Gasteiger partial charge on any atom is 0.255 e. The van der Waals surface area contributed by atoms with Crippen molar-refractivity contribution in [2.24, 2.45) is 0 Å². The van der Waals surface area contributed by atoms with E-state index in [1.807, 2.05) is 30.3 Å². The number of hydrogen-bond acceptors (Lipinski definition) is 5. The Labute approximate surface area is 199 Å². The van der Waals surface area contributed by atoms with E-state index in [1.165, 1.54) is 0 Å². The summed E-state index contributed by atoms with van der Waals surface area (Å²) in [7, 11) is 0. The molecule has 2 amide bonds. The molecule has 34 heavy (non-hydrogen) atoms. The molecule has 1 saturated heterocycles. The van der Waals surface area contributed by atoms with Crippen molar-refractivity contribution < 1.29 is 23.8 Å². The molecule has 3 aromatic carbocycles. The lowest BCUT2D eigenvalue weighted by molar-refractivity contribution is 0.0858. The highest BCUT2D eigenvalue weighted by atomic mass is 16.5. The molecule has 4 rings (SSSR count). The first-order valence-electron chi connectivity index (χ1n) is 11.4. The third-order valence-electron chi connectivity index (χ3n) is 5.39. The monoisotopic (exact) mass is 460 g/mol. The van der Waals surface area contributed by atoms with Crippen LogP contribution in [0, 0.1) is 0 Å². The molecule has 0 spiro atoms. The number of anilines is 1.